The van der Waals surface area contributed by atoms with Gasteiger partial charge in [0.15, 0.2) is 0 Å². The Kier molecular flexibility index (Phi) is 47.7. The topological polar surface area (TPSA) is 0 Å². The van der Waals surface area contributed by atoms with E-state index in [1.165, 1.54) is 230 Å². The molecule has 18 heterocycles. The molecule has 0 fully saturated rings. The first-order valence-corrected chi connectivity index (χ1v) is 65.9. The van der Waals surface area contributed by atoms with Crippen LogP contribution < -0.4 is 0 Å². The highest BCUT2D eigenvalue weighted by Gasteiger charge is 2.19. The summed E-state index contributed by atoms with van der Waals surface area (Å²) in [6, 6.07) is 89.4. The summed E-state index contributed by atoms with van der Waals surface area (Å²) in [5.41, 5.74) is 0. The molecule has 18 aromatic heterocycles. The Hall–Kier alpha value is -8.52. The minimum Gasteiger partial charge on any atom is -0.144 e. The molecule has 0 unspecified atom stereocenters. The molecule has 30 rings (SSSR count). The first-order chi connectivity index (χ1) is 70.4. The summed E-state index contributed by atoms with van der Waals surface area (Å²) in [5, 5.41) is 49.5. The van der Waals surface area contributed by atoms with Gasteiger partial charge in [-0.15, -0.1) is 204 Å². The molecule has 142 heavy (non-hydrogen) atoms. The molecule has 0 aliphatic heterocycles. The van der Waals surface area contributed by atoms with Crippen molar-refractivity contribution in [3.63, 3.8) is 0 Å². The van der Waals surface area contributed by atoms with Crippen LogP contribution in [0.25, 0.3) is 230 Å². The second-order valence-electron chi connectivity index (χ2n) is 27.6. The smallest absolute Gasteiger partial charge is 0.0542 e. The summed E-state index contributed by atoms with van der Waals surface area (Å²) < 4.78 is 37.0. The zero-order valence-electron chi connectivity index (χ0n) is 87.2. The van der Waals surface area contributed by atoms with Gasteiger partial charge in [-0.3, -0.25) is 0 Å². The lowest BCUT2D eigenvalue weighted by Crippen LogP contribution is -1.82. The van der Waals surface area contributed by atoms with Gasteiger partial charge in [-0.25, -0.2) is 0 Å². The maximum absolute atomic E-state index is 2.39. The number of rotatable bonds is 0. The second-order valence-corrected chi connectivity index (χ2v) is 45.5. The Morgan fingerprint density at radius 1 is 0.113 bits per heavy atom. The summed E-state index contributed by atoms with van der Waals surface area (Å²) in [6.07, 6.45) is 0. The number of thiophene rings is 18. The molecule has 0 aliphatic rings. The highest BCUT2D eigenvalue weighted by molar-refractivity contribution is 7.38. The fourth-order valence-electron chi connectivity index (χ4n) is 15.9. The molecule has 0 saturated heterocycles. The molecule has 0 spiro atoms. The summed E-state index contributed by atoms with van der Waals surface area (Å²) in [4.78, 5) is 0. The number of hydrogen-bond donors (Lipinski definition) is 0. The quantitative estimate of drug-likeness (QED) is 0.133. The molecule has 0 N–H and O–H groups in total. The Morgan fingerprint density at radius 2 is 0.345 bits per heavy atom. The highest BCUT2D eigenvalue weighted by atomic mass is 32.2. The first-order valence-electron chi connectivity index (χ1n) is 50.5. The van der Waals surface area contributed by atoms with Gasteiger partial charge in [0.2, 0.25) is 0 Å². The van der Waals surface area contributed by atoms with Crippen LogP contribution in [0, 0.1) is 0 Å². The Morgan fingerprint density at radius 3 is 0.662 bits per heavy atom. The normalized spacial score (nSPS) is 10.3. The van der Waals surface area contributed by atoms with E-state index in [-0.39, 0.29) is 0 Å². The minimum absolute atomic E-state index is 1.34. The molecule has 30 aromatic rings. The average Bonchev–Trinajstić information content (AvgIpc) is 1.61. The van der Waals surface area contributed by atoms with Gasteiger partial charge < -0.3 is 0 Å². The van der Waals surface area contributed by atoms with Crippen molar-refractivity contribution < 1.29 is 0 Å². The van der Waals surface area contributed by atoms with Gasteiger partial charge in [-0.1, -0.05) is 315 Å². The van der Waals surface area contributed by atoms with E-state index in [4.69, 9.17) is 0 Å². The zero-order chi connectivity index (χ0) is 103. The molecule has 738 valence electrons. The minimum atomic E-state index is 1.34. The van der Waals surface area contributed by atoms with Crippen LogP contribution in [-0.4, -0.2) is 0 Å². The maximum atomic E-state index is 2.39. The molecule has 0 nitrogen and oxygen atoms in total. The summed E-state index contributed by atoms with van der Waals surface area (Å²) in [5.74, 6) is 0. The van der Waals surface area contributed by atoms with Crippen LogP contribution >= 0.6 is 204 Å². The van der Waals surface area contributed by atoms with E-state index in [1.54, 1.807) is 22.7 Å². The molecule has 0 amide bonds. The van der Waals surface area contributed by atoms with Crippen molar-refractivity contribution in [3.05, 3.63) is 296 Å². The van der Waals surface area contributed by atoms with Crippen LogP contribution in [-0.2, 0) is 0 Å². The Balaban J connectivity index is 0.000000165. The van der Waals surface area contributed by atoms with E-state index < -0.39 is 0 Å². The van der Waals surface area contributed by atoms with Crippen molar-refractivity contribution in [3.8, 4) is 0 Å². The van der Waals surface area contributed by atoms with E-state index in [0.29, 0.717) is 0 Å². The first kappa shape index (κ1) is 115. The van der Waals surface area contributed by atoms with Crippen molar-refractivity contribution in [2.45, 2.75) is 194 Å². The molecular formula is C124H134S18. The number of fused-ring (bicyclic) bond motifs is 30. The SMILES string of the molecule is CC.CC.CC.CC.CC.CC.CC.CC.CC.CC.CC.CC.CC.CC.c1cc2cc3sccc3cc2s1.c1cc2ccc3cccc4ccc(c1)c2c34.c1cc2sc3c4ccc5c6sccc6sc5c4ccc3c2s1.c1cc2sc3cc4c(cc3c2s1)sc1ccsc14.c1cc2sc3cc4cc5c(cc4cc3c2s1)sc1ccsc15.c1cc2sccc2s1.c1ccc2c(c1)sc1c3ccccc3sc21. The lowest BCUT2D eigenvalue weighted by atomic mass is 9.95. The van der Waals surface area contributed by atoms with Gasteiger partial charge in [-0.2, -0.15) is 0 Å². The predicted octanol–water partition coefficient (Wildman–Crippen LogP) is 53.2. The molecule has 18 heteroatoms. The predicted molar refractivity (Wildman–Crippen MR) is 700 cm³/mol. The van der Waals surface area contributed by atoms with Gasteiger partial charge in [0, 0.05) is 138 Å². The lowest BCUT2D eigenvalue weighted by molar-refractivity contribution is 1.50. The monoisotopic (exact) mass is 2200 g/mol. The van der Waals surface area contributed by atoms with Crippen LogP contribution in [0.4, 0.5) is 0 Å². The number of benzene rings is 12. The largest absolute Gasteiger partial charge is 0.144 e. The van der Waals surface area contributed by atoms with E-state index in [2.05, 4.69) is 296 Å². The lowest BCUT2D eigenvalue weighted by Gasteiger charge is -2.09. The van der Waals surface area contributed by atoms with Gasteiger partial charge in [0.1, 0.15) is 0 Å². The third-order valence-electron chi connectivity index (χ3n) is 21.2. The summed E-state index contributed by atoms with van der Waals surface area (Å²) in [7, 11) is 0. The van der Waals surface area contributed by atoms with Crippen molar-refractivity contribution in [2.24, 2.45) is 0 Å². The third kappa shape index (κ3) is 24.6. The average molecular weight is 2200 g/mol. The van der Waals surface area contributed by atoms with E-state index in [0.717, 1.165) is 0 Å². The van der Waals surface area contributed by atoms with Gasteiger partial charge >= 0.3 is 0 Å². The standard InChI is InChI=1S/2C18H8S4.C16H10.C14H6S4.C14H8S2.C10H6S2.C6H4S2.14C2H6/c1-3-19-17-11-5-9-8-16-12(18-14(22-16)2-4-20-18)6-10(9)7-15(11)21-13(1)17;1-3-11-16(22-13-5-7-19-17(11)13)10-2-4-12-15(9(1)10)21-14-6-8-20-18(12)14;1-3-11-7-9-13-5-2-6-14-10-8-12(4-1)15(11)16(13)14;1-3-15-13-7-5-12-8(6-11(7)17-9(1)13)14-10(18-12)2-4-16-14;1-3-7-11-9(5-1)13-14(15-11)10-6-2-4-8-12(10)16-13;1-3-11-9-6-8-2-4-12-10(8)5-7(1)9;1-3-7-6-2-4-8-5(1)6;14*1-2/h2*1-8H;1-10H;1-6H;1-8H;1-6H;1-4H;14*1-2H3. The van der Waals surface area contributed by atoms with Crippen molar-refractivity contribution in [1.29, 1.82) is 0 Å². The fraction of sp³-hybridized carbons (Fsp3) is 0.226. The molecule has 12 aromatic carbocycles. The molecular weight excluding hydrogens is 2070 g/mol. The van der Waals surface area contributed by atoms with Gasteiger partial charge in [0.25, 0.3) is 0 Å². The van der Waals surface area contributed by atoms with Crippen molar-refractivity contribution in [2.75, 3.05) is 0 Å². The Bertz CT molecular complexity index is 8230. The van der Waals surface area contributed by atoms with E-state index >= 15 is 0 Å². The van der Waals surface area contributed by atoms with Crippen molar-refractivity contribution >= 4 is 434 Å². The van der Waals surface area contributed by atoms with Crippen molar-refractivity contribution in [1.82, 2.24) is 0 Å². The van der Waals surface area contributed by atoms with Gasteiger partial charge in [0.05, 0.1) is 37.6 Å². The molecule has 0 bridgehead atoms. The van der Waals surface area contributed by atoms with Crippen LogP contribution in [0.5, 0.6) is 0 Å². The van der Waals surface area contributed by atoms with Crippen LogP contribution in [0.1, 0.15) is 194 Å². The fourth-order valence-corrected chi connectivity index (χ4v) is 35.8. The summed E-state index contributed by atoms with van der Waals surface area (Å²) >= 11 is 33.7. The highest BCUT2D eigenvalue weighted by Crippen LogP contribution is 2.51. The van der Waals surface area contributed by atoms with Crippen LogP contribution in [0.2, 0.25) is 0 Å². The van der Waals surface area contributed by atoms with Gasteiger partial charge in [-0.05, 0) is 229 Å². The molecule has 0 saturated carbocycles. The molecule has 0 radical (unpaired) electrons. The maximum Gasteiger partial charge on any atom is 0.0542 e. The molecule has 0 atom stereocenters. The third-order valence-corrected chi connectivity index (χ3v) is 40.7. The van der Waals surface area contributed by atoms with E-state index in [1.807, 2.05) is 375 Å². The molecule has 0 aliphatic carbocycles. The number of hydrogen-bond acceptors (Lipinski definition) is 18. The van der Waals surface area contributed by atoms with E-state index in [9.17, 15) is 0 Å². The summed E-state index contributed by atoms with van der Waals surface area (Å²) in [6.45, 7) is 56.0. The zero-order valence-corrected chi connectivity index (χ0v) is 102. The van der Waals surface area contributed by atoms with Crippen LogP contribution in [0.3, 0.4) is 0 Å². The second kappa shape index (κ2) is 58.7. The Labute approximate surface area is 913 Å². The van der Waals surface area contributed by atoms with Crippen LogP contribution in [0.15, 0.2) is 296 Å².